The lowest BCUT2D eigenvalue weighted by Gasteiger charge is -2.30. The van der Waals surface area contributed by atoms with Crippen LogP contribution in [-0.2, 0) is 0 Å². The molecule has 0 aromatic carbocycles. The summed E-state index contributed by atoms with van der Waals surface area (Å²) in [6.07, 6.45) is 7.90. The molecule has 1 aromatic heterocycles. The van der Waals surface area contributed by atoms with Crippen LogP contribution in [0.25, 0.3) is 0 Å². The van der Waals surface area contributed by atoms with Gasteiger partial charge in [-0.2, -0.15) is 11.8 Å². The Balaban J connectivity index is 2.83. The van der Waals surface area contributed by atoms with Crippen molar-refractivity contribution in [3.05, 3.63) is 24.0 Å². The number of thioether (sulfide) groups is 1. The second kappa shape index (κ2) is 6.95. The number of thiocarbonyl (C=S) groups is 1. The van der Waals surface area contributed by atoms with Crippen molar-refractivity contribution in [1.29, 1.82) is 0 Å². The van der Waals surface area contributed by atoms with Gasteiger partial charge in [0, 0.05) is 23.1 Å². The molecule has 3 nitrogen and oxygen atoms in total. The highest BCUT2D eigenvalue weighted by Gasteiger charge is 2.24. The minimum Gasteiger partial charge on any atom is -0.389 e. The van der Waals surface area contributed by atoms with E-state index in [1.165, 1.54) is 0 Å². The van der Waals surface area contributed by atoms with Gasteiger partial charge in [0.2, 0.25) is 0 Å². The van der Waals surface area contributed by atoms with Gasteiger partial charge in [0.25, 0.3) is 0 Å². The standard InChI is InChI=1S/C13H21N3S2/c1-4-13(5-2,18-3)9-16-11-8-15-7-6-10(11)12(14)17/h6-8,16H,4-5,9H2,1-3H3,(H2,14,17). The van der Waals surface area contributed by atoms with Crippen molar-refractivity contribution in [3.8, 4) is 0 Å². The summed E-state index contributed by atoms with van der Waals surface area (Å²) in [6.45, 7) is 5.33. The number of anilines is 1. The number of hydrogen-bond acceptors (Lipinski definition) is 4. The molecule has 100 valence electrons. The van der Waals surface area contributed by atoms with Crippen LogP contribution in [0, 0.1) is 0 Å². The maximum absolute atomic E-state index is 5.71. The van der Waals surface area contributed by atoms with Crippen molar-refractivity contribution < 1.29 is 0 Å². The van der Waals surface area contributed by atoms with Crippen molar-refractivity contribution in [2.24, 2.45) is 5.73 Å². The fourth-order valence-electron chi connectivity index (χ4n) is 1.87. The molecule has 0 radical (unpaired) electrons. The van der Waals surface area contributed by atoms with E-state index in [9.17, 15) is 0 Å². The Morgan fingerprint density at radius 3 is 2.67 bits per heavy atom. The number of hydrogen-bond donors (Lipinski definition) is 2. The van der Waals surface area contributed by atoms with Crippen LogP contribution in [0.2, 0.25) is 0 Å². The molecule has 1 aromatic rings. The van der Waals surface area contributed by atoms with Gasteiger partial charge in [-0.25, -0.2) is 0 Å². The lowest BCUT2D eigenvalue weighted by molar-refractivity contribution is 0.574. The molecule has 0 aliphatic carbocycles. The van der Waals surface area contributed by atoms with Crippen LogP contribution in [0.15, 0.2) is 18.5 Å². The Kier molecular flexibility index (Phi) is 5.88. The van der Waals surface area contributed by atoms with E-state index in [-0.39, 0.29) is 4.75 Å². The van der Waals surface area contributed by atoms with Gasteiger partial charge in [0.15, 0.2) is 0 Å². The van der Waals surface area contributed by atoms with Gasteiger partial charge >= 0.3 is 0 Å². The van der Waals surface area contributed by atoms with Crippen LogP contribution in [0.5, 0.6) is 0 Å². The zero-order chi connectivity index (χ0) is 13.6. The molecular formula is C13H21N3S2. The molecule has 0 amide bonds. The van der Waals surface area contributed by atoms with Gasteiger partial charge in [-0.15, -0.1) is 0 Å². The summed E-state index contributed by atoms with van der Waals surface area (Å²) in [5.41, 5.74) is 7.49. The summed E-state index contributed by atoms with van der Waals surface area (Å²) in [7, 11) is 0. The molecule has 0 aliphatic heterocycles. The highest BCUT2D eigenvalue weighted by Crippen LogP contribution is 2.31. The molecule has 0 fully saturated rings. The Bertz CT molecular complexity index is 395. The Morgan fingerprint density at radius 2 is 2.17 bits per heavy atom. The molecule has 0 atom stereocenters. The van der Waals surface area contributed by atoms with E-state index >= 15 is 0 Å². The summed E-state index contributed by atoms with van der Waals surface area (Å²) in [6, 6.07) is 1.85. The summed E-state index contributed by atoms with van der Waals surface area (Å²) in [4.78, 5) is 4.53. The first-order valence-corrected chi connectivity index (χ1v) is 7.74. The van der Waals surface area contributed by atoms with Crippen molar-refractivity contribution in [2.45, 2.75) is 31.4 Å². The summed E-state index contributed by atoms with van der Waals surface area (Å²) >= 11 is 6.95. The van der Waals surface area contributed by atoms with E-state index in [2.05, 4.69) is 30.4 Å². The van der Waals surface area contributed by atoms with Crippen molar-refractivity contribution in [3.63, 3.8) is 0 Å². The van der Waals surface area contributed by atoms with Crippen LogP contribution in [0.1, 0.15) is 32.3 Å². The number of nitrogens with two attached hydrogens (primary N) is 1. The average Bonchev–Trinajstić information content (AvgIpc) is 2.41. The van der Waals surface area contributed by atoms with Crippen molar-refractivity contribution in [2.75, 3.05) is 18.1 Å². The minimum absolute atomic E-state index is 0.253. The topological polar surface area (TPSA) is 50.9 Å². The zero-order valence-electron chi connectivity index (χ0n) is 11.2. The van der Waals surface area contributed by atoms with Gasteiger partial charge in [-0.05, 0) is 25.2 Å². The molecule has 1 heterocycles. The van der Waals surface area contributed by atoms with E-state index in [0.717, 1.165) is 30.6 Å². The summed E-state index contributed by atoms with van der Waals surface area (Å²) in [5.74, 6) is 0. The maximum atomic E-state index is 5.71. The Hall–Kier alpha value is -0.810. The van der Waals surface area contributed by atoms with E-state index in [4.69, 9.17) is 18.0 Å². The molecule has 3 N–H and O–H groups in total. The van der Waals surface area contributed by atoms with E-state index in [1.54, 1.807) is 12.4 Å². The summed E-state index contributed by atoms with van der Waals surface area (Å²) < 4.78 is 0.253. The third-order valence-corrected chi connectivity index (χ3v) is 5.22. The van der Waals surface area contributed by atoms with Gasteiger partial charge in [0.05, 0.1) is 11.9 Å². The molecule has 5 heteroatoms. The number of aromatic nitrogens is 1. The van der Waals surface area contributed by atoms with Crippen LogP contribution >= 0.6 is 24.0 Å². The first-order chi connectivity index (χ1) is 8.58. The predicted octanol–water partition coefficient (Wildman–Crippen LogP) is 3.05. The van der Waals surface area contributed by atoms with E-state index in [0.29, 0.717) is 4.99 Å². The lowest BCUT2D eigenvalue weighted by atomic mass is 10.0. The smallest absolute Gasteiger partial charge is 0.106 e. The maximum Gasteiger partial charge on any atom is 0.106 e. The quantitative estimate of drug-likeness (QED) is 0.753. The second-order valence-corrected chi connectivity index (χ2v) is 5.95. The number of rotatable bonds is 7. The third kappa shape index (κ3) is 3.59. The van der Waals surface area contributed by atoms with Gasteiger partial charge < -0.3 is 11.1 Å². The number of nitrogens with zero attached hydrogens (tertiary/aromatic N) is 1. The molecule has 0 saturated heterocycles. The molecule has 0 saturated carbocycles. The Labute approximate surface area is 119 Å². The SMILES string of the molecule is CCC(CC)(CNc1cnccc1C(N)=S)SC. The molecule has 0 aliphatic rings. The fraction of sp³-hybridized carbons (Fsp3) is 0.538. The van der Waals surface area contributed by atoms with Crippen LogP contribution in [-0.4, -0.2) is 27.5 Å². The average molecular weight is 283 g/mol. The normalized spacial score (nSPS) is 11.3. The first-order valence-electron chi connectivity index (χ1n) is 6.11. The zero-order valence-corrected chi connectivity index (χ0v) is 12.8. The van der Waals surface area contributed by atoms with E-state index < -0.39 is 0 Å². The molecule has 0 unspecified atom stereocenters. The molecule has 18 heavy (non-hydrogen) atoms. The third-order valence-electron chi connectivity index (χ3n) is 3.41. The van der Waals surface area contributed by atoms with Crippen molar-refractivity contribution >= 4 is 34.7 Å². The lowest BCUT2D eigenvalue weighted by Crippen LogP contribution is -2.32. The van der Waals surface area contributed by atoms with Gasteiger partial charge in [0.1, 0.15) is 4.99 Å². The number of nitrogens with one attached hydrogen (secondary N) is 1. The van der Waals surface area contributed by atoms with Crippen molar-refractivity contribution in [1.82, 2.24) is 4.98 Å². The predicted molar refractivity (Wildman–Crippen MR) is 85.4 cm³/mol. The summed E-state index contributed by atoms with van der Waals surface area (Å²) in [5, 5.41) is 3.44. The molecule has 1 rings (SSSR count). The van der Waals surface area contributed by atoms with Gasteiger partial charge in [-0.3, -0.25) is 4.98 Å². The monoisotopic (exact) mass is 283 g/mol. The minimum atomic E-state index is 0.253. The fourth-order valence-corrected chi connectivity index (χ4v) is 2.84. The van der Waals surface area contributed by atoms with Crippen LogP contribution in [0.4, 0.5) is 5.69 Å². The van der Waals surface area contributed by atoms with Crippen LogP contribution in [0.3, 0.4) is 0 Å². The molecule has 0 bridgehead atoms. The number of pyridine rings is 1. The molecule has 0 spiro atoms. The Morgan fingerprint density at radius 1 is 1.50 bits per heavy atom. The van der Waals surface area contributed by atoms with Gasteiger partial charge in [-0.1, -0.05) is 26.1 Å². The largest absolute Gasteiger partial charge is 0.389 e. The molecular weight excluding hydrogens is 262 g/mol. The van der Waals surface area contributed by atoms with E-state index in [1.807, 2.05) is 17.8 Å². The first kappa shape index (κ1) is 15.2. The van der Waals surface area contributed by atoms with Crippen LogP contribution < -0.4 is 11.1 Å². The second-order valence-electron chi connectivity index (χ2n) is 4.23. The highest BCUT2D eigenvalue weighted by atomic mass is 32.2. The highest BCUT2D eigenvalue weighted by molar-refractivity contribution is 8.00.